The average molecular weight is 784 g/mol. The molecule has 0 fully saturated rings. The molecule has 2 aromatic heterocycles. The van der Waals surface area contributed by atoms with Gasteiger partial charge >= 0.3 is 0 Å². The third kappa shape index (κ3) is 7.11. The predicted molar refractivity (Wildman–Crippen MR) is 247 cm³/mol. The Balaban J connectivity index is 1.22. The summed E-state index contributed by atoms with van der Waals surface area (Å²) in [7, 11) is 0. The van der Waals surface area contributed by atoms with Crippen molar-refractivity contribution in [3.63, 3.8) is 0 Å². The van der Waals surface area contributed by atoms with E-state index in [1.807, 2.05) is 59.4 Å². The molecule has 60 heavy (non-hydrogen) atoms. The van der Waals surface area contributed by atoms with Crippen LogP contribution in [0.15, 0.2) is 146 Å². The molecule has 0 unspecified atom stereocenters. The molecule has 0 aliphatic carbocycles. The summed E-state index contributed by atoms with van der Waals surface area (Å²) in [4.78, 5) is 0. The second-order valence-corrected chi connectivity index (χ2v) is 16.7. The molecule has 7 aromatic carbocycles. The van der Waals surface area contributed by atoms with Crippen LogP contribution in [0.1, 0.15) is 50.1 Å². The van der Waals surface area contributed by atoms with Gasteiger partial charge in [0.25, 0.3) is 6.33 Å². The van der Waals surface area contributed by atoms with Crippen molar-refractivity contribution in [2.45, 2.75) is 62.3 Å². The van der Waals surface area contributed by atoms with Crippen molar-refractivity contribution in [3.05, 3.63) is 196 Å². The van der Waals surface area contributed by atoms with E-state index in [1.54, 1.807) is 0 Å². The fraction of sp³-hybridized carbons (Fsp3) is 0.164. The van der Waals surface area contributed by atoms with Crippen LogP contribution in [0, 0.1) is 62.3 Å². The van der Waals surface area contributed by atoms with Gasteiger partial charge in [0.15, 0.2) is 11.0 Å². The fourth-order valence-corrected chi connectivity index (χ4v) is 9.53. The minimum atomic E-state index is 0.737. The van der Waals surface area contributed by atoms with Crippen LogP contribution in [0.5, 0.6) is 11.5 Å². The summed E-state index contributed by atoms with van der Waals surface area (Å²) in [5.41, 5.74) is 24.0. The topological polar surface area (TPSA) is 35.9 Å². The highest BCUT2D eigenvalue weighted by Crippen LogP contribution is 2.42. The maximum Gasteiger partial charge on any atom is 0.255 e. The number of aromatic nitrogens is 4. The Morgan fingerprint density at radius 1 is 0.483 bits per heavy atom. The van der Waals surface area contributed by atoms with E-state index in [0.717, 1.165) is 45.0 Å². The summed E-state index contributed by atoms with van der Waals surface area (Å²) in [6.07, 6.45) is 6.21. The second-order valence-electron chi connectivity index (χ2n) is 16.7. The number of aryl methyl sites for hydroxylation is 9. The third-order valence-corrected chi connectivity index (χ3v) is 11.7. The zero-order valence-corrected chi connectivity index (χ0v) is 36.1. The van der Waals surface area contributed by atoms with Gasteiger partial charge in [-0.3, -0.25) is 0 Å². The van der Waals surface area contributed by atoms with Crippen molar-refractivity contribution in [2.75, 3.05) is 0 Å². The lowest BCUT2D eigenvalue weighted by Gasteiger charge is -2.19. The van der Waals surface area contributed by atoms with E-state index in [2.05, 4.69) is 168 Å². The van der Waals surface area contributed by atoms with Crippen LogP contribution in [-0.4, -0.2) is 14.3 Å². The molecule has 5 nitrogen and oxygen atoms in total. The van der Waals surface area contributed by atoms with Crippen LogP contribution < -0.4 is 9.30 Å². The number of nitrogens with zero attached hydrogens (tertiary/aromatic N) is 4. The van der Waals surface area contributed by atoms with E-state index in [0.29, 0.717) is 0 Å². The van der Waals surface area contributed by atoms with Crippen molar-refractivity contribution in [3.8, 4) is 61.9 Å². The normalized spacial score (nSPS) is 11.4. The number of imidazole rings is 1. The number of ether oxygens (including phenoxy) is 1. The highest BCUT2D eigenvalue weighted by molar-refractivity contribution is 5.96. The lowest BCUT2D eigenvalue weighted by Crippen LogP contribution is -2.31. The van der Waals surface area contributed by atoms with E-state index in [4.69, 9.17) is 4.74 Å². The van der Waals surface area contributed by atoms with Crippen molar-refractivity contribution in [1.29, 1.82) is 0 Å². The Hall–Kier alpha value is -6.98. The van der Waals surface area contributed by atoms with Crippen molar-refractivity contribution in [1.82, 2.24) is 14.3 Å². The molecule has 0 radical (unpaired) electrons. The first-order valence-corrected chi connectivity index (χ1v) is 20.8. The average Bonchev–Trinajstić information content (AvgIpc) is 3.84. The maximum absolute atomic E-state index is 6.64. The zero-order chi connectivity index (χ0) is 41.8. The molecule has 5 heteroatoms. The highest BCUT2D eigenvalue weighted by Gasteiger charge is 2.27. The molecule has 0 aliphatic rings. The van der Waals surface area contributed by atoms with Gasteiger partial charge < -0.3 is 4.74 Å². The molecule has 0 spiro atoms. The fourth-order valence-electron chi connectivity index (χ4n) is 9.53. The van der Waals surface area contributed by atoms with Gasteiger partial charge in [0.1, 0.15) is 22.9 Å². The van der Waals surface area contributed by atoms with Gasteiger partial charge in [-0.15, -0.1) is 0 Å². The molecule has 0 saturated heterocycles. The molecule has 9 rings (SSSR count). The molecule has 0 saturated carbocycles. The van der Waals surface area contributed by atoms with Crippen molar-refractivity contribution >= 4 is 11.0 Å². The molecule has 9 aromatic rings. The lowest BCUT2D eigenvalue weighted by molar-refractivity contribution is -0.568. The molecule has 2 heterocycles. The van der Waals surface area contributed by atoms with Gasteiger partial charge in [-0.2, -0.15) is 14.2 Å². The Morgan fingerprint density at radius 2 is 1.00 bits per heavy atom. The van der Waals surface area contributed by atoms with Crippen molar-refractivity contribution < 1.29 is 9.30 Å². The lowest BCUT2D eigenvalue weighted by atomic mass is 9.85. The highest BCUT2D eigenvalue weighted by atomic mass is 16.5. The minimum absolute atomic E-state index is 0.737. The Labute approximate surface area is 353 Å². The van der Waals surface area contributed by atoms with E-state index < -0.39 is 0 Å². The van der Waals surface area contributed by atoms with Gasteiger partial charge in [0.05, 0.1) is 11.9 Å². The first kappa shape index (κ1) is 38.5. The number of benzene rings is 7. The maximum atomic E-state index is 6.64. The summed E-state index contributed by atoms with van der Waals surface area (Å²) in [5, 5.41) is 4.68. The van der Waals surface area contributed by atoms with E-state index in [9.17, 15) is 0 Å². The predicted octanol–water partition coefficient (Wildman–Crippen LogP) is 13.7. The molecule has 0 aliphatic heterocycles. The van der Waals surface area contributed by atoms with Crippen LogP contribution in [-0.2, 0) is 0 Å². The first-order valence-electron chi connectivity index (χ1n) is 20.8. The molecule has 296 valence electrons. The monoisotopic (exact) mass is 783 g/mol. The minimum Gasteiger partial charge on any atom is -0.457 e. The standard InChI is InChI=1S/C55H51N4O/c1-34-21-37(4)53(38(5)22-34)49-29-51-52(30-50(49)54-39(6)23-35(2)24-40(54)7)58(55-41(8)25-36(3)26-42(55)9)33-57(51)45-17-13-19-47(27-45)60-48-20-14-18-46(28-48)59-32-44(31-56-59)43-15-11-10-12-16-43/h10-33H,1-9H3/q+1. The van der Waals surface area contributed by atoms with E-state index in [-0.39, 0.29) is 0 Å². The molecule has 0 atom stereocenters. The quantitative estimate of drug-likeness (QED) is 0.144. The Bertz CT molecular complexity index is 3040. The molecule has 0 N–H and O–H groups in total. The Morgan fingerprint density at radius 3 is 1.58 bits per heavy atom. The van der Waals surface area contributed by atoms with Crippen molar-refractivity contribution in [2.24, 2.45) is 0 Å². The molecule has 0 bridgehead atoms. The smallest absolute Gasteiger partial charge is 0.255 e. The van der Waals surface area contributed by atoms with Crippen LogP contribution in [0.3, 0.4) is 0 Å². The van der Waals surface area contributed by atoms with Crippen LogP contribution in [0.4, 0.5) is 0 Å². The molecular formula is C55H51N4O+. The molecular weight excluding hydrogens is 733 g/mol. The molecule has 0 amide bonds. The van der Waals surface area contributed by atoms with Crippen LogP contribution >= 0.6 is 0 Å². The SMILES string of the molecule is Cc1cc(C)c(-c2cc3c(cc2-c2c(C)cc(C)cc2C)[n+](-c2c(C)cc(C)cc2C)cn3-c2cccc(Oc3cccc(-n4cc(-c5ccccc5)cn4)c3)c2)c(C)c1. The Kier molecular flexibility index (Phi) is 9.84. The van der Waals surface area contributed by atoms with Gasteiger partial charge in [-0.05, 0) is 160 Å². The van der Waals surface area contributed by atoms with E-state index in [1.165, 1.54) is 78.0 Å². The summed E-state index contributed by atoms with van der Waals surface area (Å²) in [6.45, 7) is 20.0. The summed E-state index contributed by atoms with van der Waals surface area (Å²) in [5.74, 6) is 1.49. The zero-order valence-electron chi connectivity index (χ0n) is 36.1. The van der Waals surface area contributed by atoms with Gasteiger partial charge in [-0.1, -0.05) is 95.6 Å². The summed E-state index contributed by atoms with van der Waals surface area (Å²) < 4.78 is 13.3. The number of hydrogen-bond acceptors (Lipinski definition) is 2. The first-order chi connectivity index (χ1) is 28.9. The third-order valence-electron chi connectivity index (χ3n) is 11.7. The number of hydrogen-bond donors (Lipinski definition) is 0. The second kappa shape index (κ2) is 15.3. The van der Waals surface area contributed by atoms with Gasteiger partial charge in [0.2, 0.25) is 0 Å². The largest absolute Gasteiger partial charge is 0.457 e. The van der Waals surface area contributed by atoms with Gasteiger partial charge in [0, 0.05) is 23.9 Å². The summed E-state index contributed by atoms with van der Waals surface area (Å²) in [6, 6.07) is 45.5. The van der Waals surface area contributed by atoms with E-state index >= 15 is 0 Å². The summed E-state index contributed by atoms with van der Waals surface area (Å²) >= 11 is 0. The van der Waals surface area contributed by atoms with Gasteiger partial charge in [-0.25, -0.2) is 4.68 Å². The van der Waals surface area contributed by atoms with Crippen LogP contribution in [0.2, 0.25) is 0 Å². The number of rotatable bonds is 8. The number of fused-ring (bicyclic) bond motifs is 1. The van der Waals surface area contributed by atoms with Crippen LogP contribution in [0.25, 0.3) is 61.5 Å².